The summed E-state index contributed by atoms with van der Waals surface area (Å²) in [5, 5.41) is 23.3. The molecule has 3 rings (SSSR count). The van der Waals surface area contributed by atoms with E-state index in [-0.39, 0.29) is 19.1 Å². The van der Waals surface area contributed by atoms with Crippen molar-refractivity contribution in [3.63, 3.8) is 0 Å². The fourth-order valence-electron chi connectivity index (χ4n) is 3.27. The molecule has 3 N–H and O–H groups in total. The number of amides is 1. The third kappa shape index (κ3) is 7.31. The second kappa shape index (κ2) is 12.0. The van der Waals surface area contributed by atoms with E-state index >= 15 is 0 Å². The lowest BCUT2D eigenvalue weighted by Crippen LogP contribution is -2.40. The van der Waals surface area contributed by atoms with Crippen molar-refractivity contribution in [2.75, 3.05) is 25.1 Å². The van der Waals surface area contributed by atoms with Crippen LogP contribution in [0.2, 0.25) is 0 Å². The van der Waals surface area contributed by atoms with E-state index in [9.17, 15) is 29.8 Å². The molecule has 37 heavy (non-hydrogen) atoms. The predicted octanol–water partition coefficient (Wildman–Crippen LogP) is 2.44. The van der Waals surface area contributed by atoms with Crippen LogP contribution in [0.5, 0.6) is 0 Å². The molecule has 3 aromatic rings. The number of rotatable bonds is 13. The molecule has 0 aliphatic heterocycles. The van der Waals surface area contributed by atoms with E-state index in [0.717, 1.165) is 10.1 Å². The summed E-state index contributed by atoms with van der Waals surface area (Å²) in [5.74, 6) is -1.91. The molecule has 0 radical (unpaired) electrons. The molecule has 14 nitrogen and oxygen atoms in total. The first kappa shape index (κ1) is 27.2. The van der Waals surface area contributed by atoms with E-state index in [1.165, 1.54) is 18.3 Å². The summed E-state index contributed by atoms with van der Waals surface area (Å²) in [6.07, 6.45) is 3.39. The van der Waals surface area contributed by atoms with Crippen molar-refractivity contribution >= 4 is 38.3 Å². The number of esters is 1. The summed E-state index contributed by atoms with van der Waals surface area (Å²) < 4.78 is 6.12. The van der Waals surface area contributed by atoms with Gasteiger partial charge in [-0.15, -0.1) is 31.6 Å². The highest BCUT2D eigenvalue weighted by atomic mass is 32.1. The fourth-order valence-corrected chi connectivity index (χ4v) is 4.20. The lowest BCUT2D eigenvalue weighted by molar-refractivity contribution is -0.770. The minimum atomic E-state index is -1.80. The Labute approximate surface area is 213 Å². The van der Waals surface area contributed by atoms with E-state index in [1.54, 1.807) is 36.7 Å². The van der Waals surface area contributed by atoms with Gasteiger partial charge in [0.2, 0.25) is 5.91 Å². The average Bonchev–Trinajstić information content (AvgIpc) is 3.28. The molecule has 0 bridgehead atoms. The van der Waals surface area contributed by atoms with Crippen LogP contribution in [0.1, 0.15) is 24.0 Å². The number of nitrogens with zero attached hydrogens (tertiary/aromatic N) is 3. The number of anilines is 1. The van der Waals surface area contributed by atoms with Gasteiger partial charge in [-0.25, -0.2) is 0 Å². The van der Waals surface area contributed by atoms with Crippen LogP contribution < -0.4 is 11.1 Å². The number of thiophene rings is 1. The zero-order chi connectivity index (χ0) is 27.0. The Morgan fingerprint density at radius 1 is 1.14 bits per heavy atom. The first-order valence-electron chi connectivity index (χ1n) is 10.8. The average molecular weight is 534 g/mol. The standard InChI is InChI=1S/C22H23N5O9S/c1-22(12-35-26(30)31,13-36-27(32)33)21(29)34-11-14-2-4-15(5-3-14)17(9-23)20(28)25-19-8-16-6-7-24-10-18(16)37-19/h2-8,10,17H,9,11-13,23H2,1H3,(H,25,28). The van der Waals surface area contributed by atoms with Gasteiger partial charge in [-0.2, -0.15) is 0 Å². The first-order chi connectivity index (χ1) is 17.6. The Balaban J connectivity index is 1.62. The van der Waals surface area contributed by atoms with Crippen molar-refractivity contribution in [2.24, 2.45) is 11.1 Å². The molecule has 15 heteroatoms. The summed E-state index contributed by atoms with van der Waals surface area (Å²) in [7, 11) is 0. The minimum Gasteiger partial charge on any atom is -0.460 e. The number of pyridine rings is 1. The zero-order valence-corrected chi connectivity index (χ0v) is 20.3. The van der Waals surface area contributed by atoms with Crippen LogP contribution in [-0.4, -0.2) is 46.8 Å². The van der Waals surface area contributed by atoms with Crippen LogP contribution in [0.15, 0.2) is 48.8 Å². The van der Waals surface area contributed by atoms with Gasteiger partial charge < -0.3 is 25.5 Å². The van der Waals surface area contributed by atoms with E-state index < -0.39 is 40.7 Å². The Hall–Kier alpha value is -4.37. The number of hydrogen-bond donors (Lipinski definition) is 2. The van der Waals surface area contributed by atoms with Gasteiger partial charge in [0.05, 0.1) is 15.6 Å². The van der Waals surface area contributed by atoms with E-state index in [4.69, 9.17) is 10.5 Å². The van der Waals surface area contributed by atoms with Gasteiger partial charge in [-0.1, -0.05) is 24.3 Å². The molecule has 2 aromatic heterocycles. The summed E-state index contributed by atoms with van der Waals surface area (Å²) in [5.41, 5.74) is 5.24. The van der Waals surface area contributed by atoms with Crippen molar-refractivity contribution in [3.8, 4) is 0 Å². The van der Waals surface area contributed by atoms with Gasteiger partial charge in [-0.3, -0.25) is 14.6 Å². The molecule has 1 aromatic carbocycles. The second-order valence-electron chi connectivity index (χ2n) is 8.17. The largest absolute Gasteiger partial charge is 0.460 e. The Morgan fingerprint density at radius 3 is 2.35 bits per heavy atom. The van der Waals surface area contributed by atoms with Gasteiger partial charge in [0.15, 0.2) is 0 Å². The molecule has 1 amide bonds. The maximum Gasteiger partial charge on any atom is 0.316 e. The number of ether oxygens (including phenoxy) is 1. The molecule has 0 spiro atoms. The number of fused-ring (bicyclic) bond motifs is 1. The summed E-state index contributed by atoms with van der Waals surface area (Å²) in [6, 6.07) is 10.3. The van der Waals surface area contributed by atoms with E-state index in [0.29, 0.717) is 16.1 Å². The van der Waals surface area contributed by atoms with Crippen LogP contribution in [0.25, 0.3) is 10.1 Å². The van der Waals surface area contributed by atoms with Gasteiger partial charge in [0.25, 0.3) is 10.2 Å². The molecule has 0 saturated carbocycles. The monoisotopic (exact) mass is 533 g/mol. The molecule has 2 heterocycles. The number of carbonyl (C=O) groups excluding carboxylic acids is 2. The highest BCUT2D eigenvalue weighted by molar-refractivity contribution is 7.22. The maximum atomic E-state index is 12.9. The number of nitrogens with one attached hydrogen (secondary N) is 1. The Morgan fingerprint density at radius 2 is 1.78 bits per heavy atom. The topological polar surface area (TPSA) is 199 Å². The quantitative estimate of drug-likeness (QED) is 0.186. The number of nitrogens with two attached hydrogens (primary N) is 1. The van der Waals surface area contributed by atoms with Gasteiger partial charge in [0.1, 0.15) is 25.2 Å². The number of carbonyl (C=O) groups is 2. The first-order valence-corrected chi connectivity index (χ1v) is 11.6. The highest BCUT2D eigenvalue weighted by Gasteiger charge is 2.38. The van der Waals surface area contributed by atoms with Crippen molar-refractivity contribution in [1.82, 2.24) is 4.98 Å². The fraction of sp³-hybridized carbons (Fsp3) is 0.318. The Kier molecular flexibility index (Phi) is 8.86. The zero-order valence-electron chi connectivity index (χ0n) is 19.5. The highest BCUT2D eigenvalue weighted by Crippen LogP contribution is 2.30. The summed E-state index contributed by atoms with van der Waals surface area (Å²) in [4.78, 5) is 58.9. The molecular weight excluding hydrogens is 510 g/mol. The third-order valence-electron chi connectivity index (χ3n) is 5.34. The second-order valence-corrected chi connectivity index (χ2v) is 9.26. The SMILES string of the molecule is CC(CO[N+](=O)[O-])(CO[N+](=O)[O-])C(=O)OCc1ccc(C(CN)C(=O)Nc2cc3ccncc3s2)cc1. The van der Waals surface area contributed by atoms with Gasteiger partial charge >= 0.3 is 5.97 Å². The molecule has 1 unspecified atom stereocenters. The van der Waals surface area contributed by atoms with Gasteiger partial charge in [0, 0.05) is 18.9 Å². The predicted molar refractivity (Wildman–Crippen MR) is 130 cm³/mol. The lowest BCUT2D eigenvalue weighted by atomic mass is 9.93. The van der Waals surface area contributed by atoms with E-state index in [1.807, 2.05) is 12.1 Å². The molecule has 0 aliphatic rings. The molecule has 0 saturated heterocycles. The van der Waals surface area contributed by atoms with Crippen LogP contribution >= 0.6 is 11.3 Å². The van der Waals surface area contributed by atoms with Gasteiger partial charge in [-0.05, 0) is 35.6 Å². The van der Waals surface area contributed by atoms with Crippen LogP contribution in [0.4, 0.5) is 5.00 Å². The smallest absolute Gasteiger partial charge is 0.316 e. The van der Waals surface area contributed by atoms with Crippen molar-refractivity contribution in [3.05, 3.63) is 80.1 Å². The maximum absolute atomic E-state index is 12.9. The molecule has 196 valence electrons. The summed E-state index contributed by atoms with van der Waals surface area (Å²) >= 11 is 1.40. The number of aromatic nitrogens is 1. The molecule has 0 fully saturated rings. The normalized spacial score (nSPS) is 11.9. The number of benzene rings is 1. The Bertz CT molecular complexity index is 1230. The minimum absolute atomic E-state index is 0.0534. The summed E-state index contributed by atoms with van der Waals surface area (Å²) in [6.45, 7) is -0.591. The molecular formula is C22H23N5O9S. The molecule has 1 atom stereocenters. The number of hydrogen-bond acceptors (Lipinski definition) is 12. The third-order valence-corrected chi connectivity index (χ3v) is 6.34. The van der Waals surface area contributed by atoms with Crippen LogP contribution in [0, 0.1) is 25.6 Å². The molecule has 0 aliphatic carbocycles. The lowest BCUT2D eigenvalue weighted by Gasteiger charge is -2.24. The van der Waals surface area contributed by atoms with Crippen molar-refractivity contribution in [2.45, 2.75) is 19.4 Å². The van der Waals surface area contributed by atoms with Crippen molar-refractivity contribution in [1.29, 1.82) is 0 Å². The van der Waals surface area contributed by atoms with Crippen LogP contribution in [-0.2, 0) is 30.6 Å². The van der Waals surface area contributed by atoms with E-state index in [2.05, 4.69) is 20.0 Å². The van der Waals surface area contributed by atoms with Crippen LogP contribution in [0.3, 0.4) is 0 Å². The van der Waals surface area contributed by atoms with Crippen molar-refractivity contribution < 1.29 is 34.2 Å².